The Kier molecular flexibility index (Phi) is 4.96. The molecule has 0 aliphatic carbocycles. The number of ether oxygens (including phenoxy) is 2. The first-order valence-electron chi connectivity index (χ1n) is 6.59. The fourth-order valence-electron chi connectivity index (χ4n) is 1.87. The highest BCUT2D eigenvalue weighted by Gasteiger charge is 2.08. The number of hydrogen-bond donors (Lipinski definition) is 1. The number of benzene rings is 1. The largest absolute Gasteiger partial charge is 0.493 e. The van der Waals surface area contributed by atoms with Gasteiger partial charge in [0.1, 0.15) is 0 Å². The maximum Gasteiger partial charge on any atom is 0.161 e. The van der Waals surface area contributed by atoms with E-state index in [0.717, 1.165) is 17.7 Å². The summed E-state index contributed by atoms with van der Waals surface area (Å²) < 4.78 is 11.0. The second-order valence-electron chi connectivity index (χ2n) is 4.51. The van der Waals surface area contributed by atoms with Gasteiger partial charge >= 0.3 is 0 Å². The molecule has 1 aromatic carbocycles. The molecule has 2 rings (SSSR count). The van der Waals surface area contributed by atoms with Crippen LogP contribution in [0.15, 0.2) is 42.6 Å². The summed E-state index contributed by atoms with van der Waals surface area (Å²) in [7, 11) is 1.59. The van der Waals surface area contributed by atoms with Crippen molar-refractivity contribution in [2.24, 2.45) is 0 Å². The molecule has 1 N–H and O–H groups in total. The topological polar surface area (TPSA) is 51.6 Å². The van der Waals surface area contributed by atoms with Crippen LogP contribution >= 0.6 is 0 Å². The summed E-state index contributed by atoms with van der Waals surface area (Å²) in [6, 6.07) is 11.3. The van der Waals surface area contributed by atoms with Crippen molar-refractivity contribution in [3.63, 3.8) is 0 Å². The van der Waals surface area contributed by atoms with Crippen LogP contribution in [-0.4, -0.2) is 23.8 Å². The molecule has 0 saturated heterocycles. The van der Waals surface area contributed by atoms with E-state index in [0.29, 0.717) is 18.1 Å². The number of aliphatic hydroxyl groups is 1. The van der Waals surface area contributed by atoms with Gasteiger partial charge in [-0.25, -0.2) is 0 Å². The fraction of sp³-hybridized carbons (Fsp3) is 0.312. The molecule has 0 amide bonds. The van der Waals surface area contributed by atoms with E-state index in [2.05, 4.69) is 4.98 Å². The number of pyridine rings is 1. The van der Waals surface area contributed by atoms with E-state index in [1.54, 1.807) is 26.3 Å². The van der Waals surface area contributed by atoms with E-state index in [9.17, 15) is 5.11 Å². The highest BCUT2D eigenvalue weighted by molar-refractivity contribution is 5.43. The standard InChI is InChI=1S/C16H19NO3/c1-12(18)13-6-7-15(16(11-13)19-2)20-10-8-14-5-3-4-9-17-14/h3-7,9,11-12,18H,8,10H2,1-2H3/t12-/m1/s1. The molecule has 2 aromatic rings. The SMILES string of the molecule is COc1cc([C@@H](C)O)ccc1OCCc1ccccn1. The Bertz CT molecular complexity index is 541. The third kappa shape index (κ3) is 3.71. The maximum atomic E-state index is 9.55. The van der Waals surface area contributed by atoms with E-state index >= 15 is 0 Å². The molecule has 4 heteroatoms. The molecule has 0 radical (unpaired) electrons. The smallest absolute Gasteiger partial charge is 0.161 e. The number of aromatic nitrogens is 1. The average molecular weight is 273 g/mol. The van der Waals surface area contributed by atoms with Crippen molar-refractivity contribution in [1.29, 1.82) is 0 Å². The molecule has 0 fully saturated rings. The summed E-state index contributed by atoms with van der Waals surface area (Å²) in [5.74, 6) is 1.30. The zero-order valence-electron chi connectivity index (χ0n) is 11.7. The van der Waals surface area contributed by atoms with Crippen LogP contribution in [0.4, 0.5) is 0 Å². The molecular weight excluding hydrogens is 254 g/mol. The molecule has 0 bridgehead atoms. The van der Waals surface area contributed by atoms with Crippen LogP contribution in [0.3, 0.4) is 0 Å². The molecule has 106 valence electrons. The average Bonchev–Trinajstić information content (AvgIpc) is 2.48. The van der Waals surface area contributed by atoms with Crippen molar-refractivity contribution in [3.8, 4) is 11.5 Å². The molecule has 0 aliphatic heterocycles. The molecule has 0 unspecified atom stereocenters. The van der Waals surface area contributed by atoms with Crippen LogP contribution in [0.2, 0.25) is 0 Å². The normalized spacial score (nSPS) is 11.9. The van der Waals surface area contributed by atoms with Crippen LogP contribution in [0.5, 0.6) is 11.5 Å². The minimum Gasteiger partial charge on any atom is -0.493 e. The number of methoxy groups -OCH3 is 1. The van der Waals surface area contributed by atoms with Gasteiger partial charge in [-0.05, 0) is 36.8 Å². The summed E-state index contributed by atoms with van der Waals surface area (Å²) in [6.45, 7) is 2.25. The van der Waals surface area contributed by atoms with Crippen molar-refractivity contribution in [3.05, 3.63) is 53.9 Å². The number of aliphatic hydroxyl groups excluding tert-OH is 1. The van der Waals surface area contributed by atoms with Gasteiger partial charge < -0.3 is 14.6 Å². The van der Waals surface area contributed by atoms with Gasteiger partial charge in [0, 0.05) is 18.3 Å². The number of rotatable bonds is 6. The van der Waals surface area contributed by atoms with Gasteiger partial charge in [-0.3, -0.25) is 4.98 Å². The summed E-state index contributed by atoms with van der Waals surface area (Å²) in [6.07, 6.45) is 1.99. The van der Waals surface area contributed by atoms with E-state index < -0.39 is 6.10 Å². The first-order chi connectivity index (χ1) is 9.70. The highest BCUT2D eigenvalue weighted by Crippen LogP contribution is 2.30. The maximum absolute atomic E-state index is 9.55. The first-order valence-corrected chi connectivity index (χ1v) is 6.59. The Morgan fingerprint density at radius 3 is 2.70 bits per heavy atom. The zero-order chi connectivity index (χ0) is 14.4. The minimum absolute atomic E-state index is 0.522. The summed E-state index contributed by atoms with van der Waals surface area (Å²) in [5, 5.41) is 9.55. The lowest BCUT2D eigenvalue weighted by Gasteiger charge is -2.13. The second kappa shape index (κ2) is 6.91. The van der Waals surface area contributed by atoms with Crippen LogP contribution in [0.25, 0.3) is 0 Å². The predicted molar refractivity (Wildman–Crippen MR) is 77.1 cm³/mol. The van der Waals surface area contributed by atoms with Gasteiger partial charge in [-0.1, -0.05) is 12.1 Å². The van der Waals surface area contributed by atoms with E-state index in [-0.39, 0.29) is 0 Å². The van der Waals surface area contributed by atoms with Crippen LogP contribution < -0.4 is 9.47 Å². The van der Waals surface area contributed by atoms with Crippen molar-refractivity contribution >= 4 is 0 Å². The molecule has 1 atom stereocenters. The number of hydrogen-bond acceptors (Lipinski definition) is 4. The van der Waals surface area contributed by atoms with Gasteiger partial charge in [0.05, 0.1) is 19.8 Å². The highest BCUT2D eigenvalue weighted by atomic mass is 16.5. The predicted octanol–water partition coefficient (Wildman–Crippen LogP) is 2.77. The lowest BCUT2D eigenvalue weighted by molar-refractivity contribution is 0.198. The van der Waals surface area contributed by atoms with Gasteiger partial charge in [-0.2, -0.15) is 0 Å². The Labute approximate surface area is 119 Å². The number of nitrogens with zero attached hydrogens (tertiary/aromatic N) is 1. The van der Waals surface area contributed by atoms with Crippen molar-refractivity contribution in [2.75, 3.05) is 13.7 Å². The summed E-state index contributed by atoms with van der Waals surface area (Å²) in [5.41, 5.74) is 1.80. The third-order valence-corrected chi connectivity index (χ3v) is 3.01. The van der Waals surface area contributed by atoms with E-state index in [4.69, 9.17) is 9.47 Å². The fourth-order valence-corrected chi connectivity index (χ4v) is 1.87. The van der Waals surface area contributed by atoms with Crippen LogP contribution in [-0.2, 0) is 6.42 Å². The first kappa shape index (κ1) is 14.3. The zero-order valence-corrected chi connectivity index (χ0v) is 11.7. The monoisotopic (exact) mass is 273 g/mol. The molecule has 4 nitrogen and oxygen atoms in total. The van der Waals surface area contributed by atoms with E-state index in [1.165, 1.54) is 0 Å². The second-order valence-corrected chi connectivity index (χ2v) is 4.51. The lowest BCUT2D eigenvalue weighted by atomic mass is 10.1. The van der Waals surface area contributed by atoms with Crippen molar-refractivity contribution < 1.29 is 14.6 Å². The van der Waals surface area contributed by atoms with Crippen LogP contribution in [0, 0.1) is 0 Å². The van der Waals surface area contributed by atoms with Gasteiger partial charge in [0.15, 0.2) is 11.5 Å². The van der Waals surface area contributed by atoms with Gasteiger partial charge in [0.2, 0.25) is 0 Å². The Morgan fingerprint density at radius 1 is 1.20 bits per heavy atom. The lowest BCUT2D eigenvalue weighted by Crippen LogP contribution is -2.04. The molecular formula is C16H19NO3. The van der Waals surface area contributed by atoms with Crippen LogP contribution in [0.1, 0.15) is 24.3 Å². The van der Waals surface area contributed by atoms with Crippen molar-refractivity contribution in [1.82, 2.24) is 4.98 Å². The minimum atomic E-state index is -0.522. The quantitative estimate of drug-likeness (QED) is 0.879. The summed E-state index contributed by atoms with van der Waals surface area (Å²) >= 11 is 0. The molecule has 0 aliphatic rings. The molecule has 0 spiro atoms. The summed E-state index contributed by atoms with van der Waals surface area (Å²) in [4.78, 5) is 4.25. The Balaban J connectivity index is 1.99. The van der Waals surface area contributed by atoms with Gasteiger partial charge in [-0.15, -0.1) is 0 Å². The molecule has 1 heterocycles. The van der Waals surface area contributed by atoms with Crippen molar-refractivity contribution in [2.45, 2.75) is 19.4 Å². The molecule has 0 saturated carbocycles. The Hall–Kier alpha value is -2.07. The molecule has 1 aromatic heterocycles. The Morgan fingerprint density at radius 2 is 2.05 bits per heavy atom. The van der Waals surface area contributed by atoms with Gasteiger partial charge in [0.25, 0.3) is 0 Å². The molecule has 20 heavy (non-hydrogen) atoms. The van der Waals surface area contributed by atoms with E-state index in [1.807, 2.05) is 30.3 Å². The third-order valence-electron chi connectivity index (χ3n) is 3.01.